The van der Waals surface area contributed by atoms with E-state index in [1.807, 2.05) is 17.0 Å². The van der Waals surface area contributed by atoms with Gasteiger partial charge in [0.2, 0.25) is 0 Å². The lowest BCUT2D eigenvalue weighted by Crippen LogP contribution is -2.39. The third-order valence-electron chi connectivity index (χ3n) is 5.28. The van der Waals surface area contributed by atoms with Crippen LogP contribution in [0.1, 0.15) is 34.5 Å². The molecule has 1 amide bonds. The first-order valence-electron chi connectivity index (χ1n) is 9.11. The number of aromatic nitrogens is 1. The summed E-state index contributed by atoms with van der Waals surface area (Å²) in [5, 5.41) is 1.11. The van der Waals surface area contributed by atoms with E-state index in [9.17, 15) is 4.79 Å². The second kappa shape index (κ2) is 6.75. The summed E-state index contributed by atoms with van der Waals surface area (Å²) in [4.78, 5) is 18.1. The molecule has 3 heteroatoms. The van der Waals surface area contributed by atoms with Crippen LogP contribution in [0.3, 0.4) is 0 Å². The summed E-state index contributed by atoms with van der Waals surface area (Å²) in [6, 6.07) is 18.9. The van der Waals surface area contributed by atoms with Crippen molar-refractivity contribution in [1.82, 2.24) is 9.88 Å². The predicted molar refractivity (Wildman–Crippen MR) is 102 cm³/mol. The van der Waals surface area contributed by atoms with E-state index in [2.05, 4.69) is 54.4 Å². The van der Waals surface area contributed by atoms with E-state index in [4.69, 9.17) is 0 Å². The van der Waals surface area contributed by atoms with Gasteiger partial charge < -0.3 is 9.88 Å². The summed E-state index contributed by atoms with van der Waals surface area (Å²) in [7, 11) is 0. The maximum absolute atomic E-state index is 12.8. The monoisotopic (exact) mass is 332 g/mol. The number of aryl methyl sites for hydroxylation is 1. The Kier molecular flexibility index (Phi) is 4.31. The van der Waals surface area contributed by atoms with Crippen molar-refractivity contribution in [2.75, 3.05) is 13.1 Å². The van der Waals surface area contributed by atoms with Gasteiger partial charge in [0.25, 0.3) is 5.91 Å². The third-order valence-corrected chi connectivity index (χ3v) is 5.28. The van der Waals surface area contributed by atoms with Crippen LogP contribution in [0.4, 0.5) is 0 Å². The second-order valence-electron chi connectivity index (χ2n) is 7.20. The number of fused-ring (bicyclic) bond motifs is 1. The zero-order valence-electron chi connectivity index (χ0n) is 14.7. The fraction of sp³-hybridized carbons (Fsp3) is 0.318. The van der Waals surface area contributed by atoms with E-state index < -0.39 is 0 Å². The van der Waals surface area contributed by atoms with Gasteiger partial charge in [0.05, 0.1) is 0 Å². The van der Waals surface area contributed by atoms with E-state index >= 15 is 0 Å². The van der Waals surface area contributed by atoms with Crippen LogP contribution in [0.25, 0.3) is 10.9 Å². The maximum Gasteiger partial charge on any atom is 0.270 e. The molecule has 2 aromatic carbocycles. The minimum absolute atomic E-state index is 0.131. The van der Waals surface area contributed by atoms with Gasteiger partial charge >= 0.3 is 0 Å². The average Bonchev–Trinajstić information content (AvgIpc) is 3.06. The van der Waals surface area contributed by atoms with E-state index in [-0.39, 0.29) is 5.91 Å². The molecule has 0 atom stereocenters. The van der Waals surface area contributed by atoms with Crippen LogP contribution in [0.5, 0.6) is 0 Å². The van der Waals surface area contributed by atoms with Crippen LogP contribution >= 0.6 is 0 Å². The van der Waals surface area contributed by atoms with Crippen molar-refractivity contribution in [3.8, 4) is 0 Å². The average molecular weight is 332 g/mol. The Morgan fingerprint density at radius 3 is 2.60 bits per heavy atom. The predicted octanol–water partition coefficient (Wildman–Crippen LogP) is 4.57. The first kappa shape index (κ1) is 15.9. The van der Waals surface area contributed by atoms with Gasteiger partial charge in [-0.05, 0) is 55.9 Å². The van der Waals surface area contributed by atoms with Gasteiger partial charge in [0.1, 0.15) is 5.69 Å². The molecule has 1 aromatic heterocycles. The Balaban J connectivity index is 1.40. The molecular weight excluding hydrogens is 308 g/mol. The number of hydrogen-bond donors (Lipinski definition) is 1. The fourth-order valence-corrected chi connectivity index (χ4v) is 3.83. The summed E-state index contributed by atoms with van der Waals surface area (Å²) in [5.41, 5.74) is 4.36. The van der Waals surface area contributed by atoms with E-state index in [0.717, 1.165) is 43.3 Å². The number of likely N-dealkylation sites (tertiary alicyclic amines) is 1. The van der Waals surface area contributed by atoms with E-state index in [1.165, 1.54) is 11.1 Å². The Morgan fingerprint density at radius 1 is 1.08 bits per heavy atom. The van der Waals surface area contributed by atoms with Crippen LogP contribution < -0.4 is 0 Å². The molecular formula is C22H24N2O. The van der Waals surface area contributed by atoms with Gasteiger partial charge in [0.15, 0.2) is 0 Å². The number of amides is 1. The smallest absolute Gasteiger partial charge is 0.270 e. The van der Waals surface area contributed by atoms with Crippen LogP contribution in [0.2, 0.25) is 0 Å². The maximum atomic E-state index is 12.8. The number of piperidine rings is 1. The highest BCUT2D eigenvalue weighted by Crippen LogP contribution is 2.24. The number of nitrogens with zero attached hydrogens (tertiary/aromatic N) is 1. The molecule has 3 aromatic rings. The fourth-order valence-electron chi connectivity index (χ4n) is 3.83. The second-order valence-corrected chi connectivity index (χ2v) is 7.20. The molecule has 2 heterocycles. The quantitative estimate of drug-likeness (QED) is 0.749. The normalized spacial score (nSPS) is 15.6. The van der Waals surface area contributed by atoms with E-state index in [1.54, 1.807) is 0 Å². The topological polar surface area (TPSA) is 36.1 Å². The van der Waals surface area contributed by atoms with Crippen LogP contribution in [0, 0.1) is 12.8 Å². The molecule has 128 valence electrons. The minimum atomic E-state index is 0.131. The molecule has 3 nitrogen and oxygen atoms in total. The minimum Gasteiger partial charge on any atom is -0.351 e. The Hall–Kier alpha value is -2.55. The third kappa shape index (κ3) is 3.46. The SMILES string of the molecule is Cc1ccc2[nH]c(C(=O)N3CCC(Cc4ccccc4)CC3)cc2c1. The zero-order chi connectivity index (χ0) is 17.2. The highest BCUT2D eigenvalue weighted by molar-refractivity contribution is 5.98. The lowest BCUT2D eigenvalue weighted by atomic mass is 9.90. The van der Waals surface area contributed by atoms with Crippen LogP contribution in [-0.2, 0) is 6.42 Å². The number of nitrogens with one attached hydrogen (secondary N) is 1. The summed E-state index contributed by atoms with van der Waals surface area (Å²) >= 11 is 0. The molecule has 0 aliphatic carbocycles. The van der Waals surface area contributed by atoms with Crippen molar-refractivity contribution in [3.63, 3.8) is 0 Å². The van der Waals surface area contributed by atoms with Gasteiger partial charge in [-0.15, -0.1) is 0 Å². The van der Waals surface area contributed by atoms with Crippen molar-refractivity contribution in [1.29, 1.82) is 0 Å². The number of H-pyrrole nitrogens is 1. The Morgan fingerprint density at radius 2 is 1.84 bits per heavy atom. The first-order valence-corrected chi connectivity index (χ1v) is 9.11. The Labute approximate surface area is 148 Å². The summed E-state index contributed by atoms with van der Waals surface area (Å²) in [6.07, 6.45) is 3.29. The summed E-state index contributed by atoms with van der Waals surface area (Å²) < 4.78 is 0. The van der Waals surface area contributed by atoms with Crippen LogP contribution in [0.15, 0.2) is 54.6 Å². The van der Waals surface area contributed by atoms with Crippen molar-refractivity contribution < 1.29 is 4.79 Å². The van der Waals surface area contributed by atoms with Gasteiger partial charge in [-0.25, -0.2) is 0 Å². The number of carbonyl (C=O) groups is 1. The molecule has 0 radical (unpaired) electrons. The number of rotatable bonds is 3. The molecule has 1 fully saturated rings. The molecule has 25 heavy (non-hydrogen) atoms. The van der Waals surface area contributed by atoms with Gasteiger partial charge in [0, 0.05) is 24.0 Å². The molecule has 1 aliphatic rings. The molecule has 1 aliphatic heterocycles. The Bertz CT molecular complexity index is 873. The highest BCUT2D eigenvalue weighted by atomic mass is 16.2. The molecule has 1 N–H and O–H groups in total. The first-order chi connectivity index (χ1) is 12.2. The summed E-state index contributed by atoms with van der Waals surface area (Å²) in [5.74, 6) is 0.809. The lowest BCUT2D eigenvalue weighted by molar-refractivity contribution is 0.0685. The summed E-state index contributed by atoms with van der Waals surface area (Å²) in [6.45, 7) is 3.78. The van der Waals surface area contributed by atoms with Crippen molar-refractivity contribution in [2.24, 2.45) is 5.92 Å². The molecule has 1 saturated heterocycles. The molecule has 0 spiro atoms. The van der Waals surface area contributed by atoms with Crippen molar-refractivity contribution in [2.45, 2.75) is 26.2 Å². The largest absolute Gasteiger partial charge is 0.351 e. The number of benzene rings is 2. The van der Waals surface area contributed by atoms with Gasteiger partial charge in [-0.3, -0.25) is 4.79 Å². The molecule has 4 rings (SSSR count). The van der Waals surface area contributed by atoms with Crippen molar-refractivity contribution >= 4 is 16.8 Å². The standard InChI is InChI=1S/C22H24N2O/c1-16-7-8-20-19(13-16)15-21(23-20)22(25)24-11-9-18(10-12-24)14-17-5-3-2-4-6-17/h2-8,13,15,18,23H,9-12,14H2,1H3. The zero-order valence-corrected chi connectivity index (χ0v) is 14.7. The number of hydrogen-bond acceptors (Lipinski definition) is 1. The lowest BCUT2D eigenvalue weighted by Gasteiger charge is -2.31. The van der Waals surface area contributed by atoms with Gasteiger partial charge in [-0.1, -0.05) is 42.0 Å². The van der Waals surface area contributed by atoms with Crippen LogP contribution in [-0.4, -0.2) is 28.9 Å². The van der Waals surface area contributed by atoms with Crippen molar-refractivity contribution in [3.05, 3.63) is 71.4 Å². The molecule has 0 bridgehead atoms. The number of aromatic amines is 1. The molecule has 0 saturated carbocycles. The van der Waals surface area contributed by atoms with E-state index in [0.29, 0.717) is 11.6 Å². The van der Waals surface area contributed by atoms with Gasteiger partial charge in [-0.2, -0.15) is 0 Å². The molecule has 0 unspecified atom stereocenters. The highest BCUT2D eigenvalue weighted by Gasteiger charge is 2.24. The number of carbonyl (C=O) groups excluding carboxylic acids is 1.